The van der Waals surface area contributed by atoms with Gasteiger partial charge < -0.3 is 15.2 Å². The molecule has 0 aromatic rings. The van der Waals surface area contributed by atoms with Crippen molar-refractivity contribution in [2.75, 3.05) is 26.3 Å². The molecular formula is C9H19NO2. The zero-order valence-corrected chi connectivity index (χ0v) is 7.97. The van der Waals surface area contributed by atoms with E-state index in [1.807, 2.05) is 13.8 Å². The maximum absolute atomic E-state index is 9.40. The molecule has 0 amide bonds. The Kier molecular flexibility index (Phi) is 3.50. The number of hydrogen-bond acceptors (Lipinski definition) is 3. The van der Waals surface area contributed by atoms with Crippen LogP contribution in [0.1, 0.15) is 20.3 Å². The second-order valence-corrected chi connectivity index (χ2v) is 4.17. The van der Waals surface area contributed by atoms with Crippen LogP contribution in [0.3, 0.4) is 0 Å². The van der Waals surface area contributed by atoms with Gasteiger partial charge in [0, 0.05) is 19.7 Å². The third kappa shape index (κ3) is 4.04. The Labute approximate surface area is 74.1 Å². The Morgan fingerprint density at radius 3 is 2.83 bits per heavy atom. The Morgan fingerprint density at radius 2 is 2.33 bits per heavy atom. The van der Waals surface area contributed by atoms with E-state index in [4.69, 9.17) is 4.74 Å². The predicted molar refractivity (Wildman–Crippen MR) is 48.1 cm³/mol. The SMILES string of the molecule is CC(C)(O)CNCC1CCOC1. The van der Waals surface area contributed by atoms with Crippen LogP contribution in [0.5, 0.6) is 0 Å². The second kappa shape index (κ2) is 4.21. The van der Waals surface area contributed by atoms with Crippen LogP contribution in [0, 0.1) is 5.92 Å². The van der Waals surface area contributed by atoms with Gasteiger partial charge in [0.15, 0.2) is 0 Å². The van der Waals surface area contributed by atoms with Crippen molar-refractivity contribution in [3.05, 3.63) is 0 Å². The highest BCUT2D eigenvalue weighted by Crippen LogP contribution is 2.10. The molecule has 1 rings (SSSR count). The number of aliphatic hydroxyl groups is 1. The van der Waals surface area contributed by atoms with Crippen LogP contribution in [0.4, 0.5) is 0 Å². The summed E-state index contributed by atoms with van der Waals surface area (Å²) < 4.78 is 5.24. The molecule has 1 saturated heterocycles. The van der Waals surface area contributed by atoms with Gasteiger partial charge in [0.05, 0.1) is 12.2 Å². The van der Waals surface area contributed by atoms with Crippen molar-refractivity contribution < 1.29 is 9.84 Å². The minimum absolute atomic E-state index is 0.598. The summed E-state index contributed by atoms with van der Waals surface area (Å²) in [6.07, 6.45) is 1.15. The number of nitrogens with one attached hydrogen (secondary N) is 1. The summed E-state index contributed by atoms with van der Waals surface area (Å²) in [4.78, 5) is 0. The summed E-state index contributed by atoms with van der Waals surface area (Å²) in [6, 6.07) is 0. The van der Waals surface area contributed by atoms with E-state index < -0.39 is 5.60 Å². The van der Waals surface area contributed by atoms with Gasteiger partial charge in [-0.3, -0.25) is 0 Å². The largest absolute Gasteiger partial charge is 0.389 e. The first kappa shape index (κ1) is 9.96. The van der Waals surface area contributed by atoms with E-state index in [0.717, 1.165) is 26.2 Å². The molecule has 3 nitrogen and oxygen atoms in total. The molecule has 0 aromatic heterocycles. The van der Waals surface area contributed by atoms with Crippen molar-refractivity contribution in [3.8, 4) is 0 Å². The Morgan fingerprint density at radius 1 is 1.58 bits per heavy atom. The molecule has 0 radical (unpaired) electrons. The molecule has 1 fully saturated rings. The molecular weight excluding hydrogens is 154 g/mol. The van der Waals surface area contributed by atoms with Crippen LogP contribution in [0.2, 0.25) is 0 Å². The quantitative estimate of drug-likeness (QED) is 0.646. The van der Waals surface area contributed by atoms with E-state index >= 15 is 0 Å². The lowest BCUT2D eigenvalue weighted by Crippen LogP contribution is -2.37. The molecule has 1 unspecified atom stereocenters. The van der Waals surface area contributed by atoms with Crippen LogP contribution in [-0.4, -0.2) is 37.0 Å². The highest BCUT2D eigenvalue weighted by molar-refractivity contribution is 4.72. The van der Waals surface area contributed by atoms with E-state index in [-0.39, 0.29) is 0 Å². The van der Waals surface area contributed by atoms with Crippen LogP contribution < -0.4 is 5.32 Å². The standard InChI is InChI=1S/C9H19NO2/c1-9(2,11)7-10-5-8-3-4-12-6-8/h8,10-11H,3-7H2,1-2H3. The second-order valence-electron chi connectivity index (χ2n) is 4.17. The summed E-state index contributed by atoms with van der Waals surface area (Å²) in [5, 5.41) is 12.6. The van der Waals surface area contributed by atoms with Gasteiger partial charge >= 0.3 is 0 Å². The number of ether oxygens (including phenoxy) is 1. The van der Waals surface area contributed by atoms with Gasteiger partial charge in [-0.2, -0.15) is 0 Å². The van der Waals surface area contributed by atoms with Gasteiger partial charge in [-0.25, -0.2) is 0 Å². The molecule has 1 heterocycles. The summed E-state index contributed by atoms with van der Waals surface area (Å²) in [5.41, 5.74) is -0.598. The fourth-order valence-electron chi connectivity index (χ4n) is 1.33. The minimum Gasteiger partial charge on any atom is -0.389 e. The molecule has 0 bridgehead atoms. The van der Waals surface area contributed by atoms with Gasteiger partial charge in [-0.05, 0) is 26.2 Å². The fraction of sp³-hybridized carbons (Fsp3) is 1.00. The summed E-state index contributed by atoms with van der Waals surface area (Å²) >= 11 is 0. The molecule has 1 atom stereocenters. The van der Waals surface area contributed by atoms with Gasteiger partial charge in [0.2, 0.25) is 0 Å². The summed E-state index contributed by atoms with van der Waals surface area (Å²) in [7, 11) is 0. The molecule has 3 heteroatoms. The van der Waals surface area contributed by atoms with Crippen LogP contribution in [-0.2, 0) is 4.74 Å². The van der Waals surface area contributed by atoms with Crippen LogP contribution in [0.15, 0.2) is 0 Å². The van der Waals surface area contributed by atoms with Crippen molar-refractivity contribution in [2.45, 2.75) is 25.9 Å². The summed E-state index contributed by atoms with van der Waals surface area (Å²) in [5.74, 6) is 0.646. The van der Waals surface area contributed by atoms with Gasteiger partial charge in [-0.1, -0.05) is 0 Å². The lowest BCUT2D eigenvalue weighted by molar-refractivity contribution is 0.0783. The van der Waals surface area contributed by atoms with Gasteiger partial charge in [0.1, 0.15) is 0 Å². The normalized spacial score (nSPS) is 24.8. The number of rotatable bonds is 4. The lowest BCUT2D eigenvalue weighted by atomic mass is 10.1. The van der Waals surface area contributed by atoms with Crippen molar-refractivity contribution in [1.82, 2.24) is 5.32 Å². The first-order valence-electron chi connectivity index (χ1n) is 4.59. The molecule has 0 spiro atoms. The lowest BCUT2D eigenvalue weighted by Gasteiger charge is -2.18. The highest BCUT2D eigenvalue weighted by atomic mass is 16.5. The van der Waals surface area contributed by atoms with Gasteiger partial charge in [-0.15, -0.1) is 0 Å². The Hall–Kier alpha value is -0.120. The summed E-state index contributed by atoms with van der Waals surface area (Å²) in [6.45, 7) is 7.01. The third-order valence-corrected chi connectivity index (χ3v) is 2.01. The van der Waals surface area contributed by atoms with Crippen molar-refractivity contribution in [2.24, 2.45) is 5.92 Å². The van der Waals surface area contributed by atoms with E-state index in [9.17, 15) is 5.11 Å². The Balaban J connectivity index is 2.02. The van der Waals surface area contributed by atoms with Crippen molar-refractivity contribution in [3.63, 3.8) is 0 Å². The zero-order chi connectivity index (χ0) is 9.03. The smallest absolute Gasteiger partial charge is 0.0715 e. The van der Waals surface area contributed by atoms with E-state index in [2.05, 4.69) is 5.32 Å². The average molecular weight is 173 g/mol. The molecule has 0 aromatic carbocycles. The topological polar surface area (TPSA) is 41.5 Å². The first-order chi connectivity index (χ1) is 5.58. The minimum atomic E-state index is -0.598. The van der Waals surface area contributed by atoms with E-state index in [1.165, 1.54) is 0 Å². The molecule has 0 saturated carbocycles. The predicted octanol–water partition coefficient (Wildman–Crippen LogP) is 0.383. The molecule has 0 aliphatic carbocycles. The molecule has 1 aliphatic rings. The maximum Gasteiger partial charge on any atom is 0.0715 e. The number of hydrogen-bond donors (Lipinski definition) is 2. The molecule has 1 aliphatic heterocycles. The highest BCUT2D eigenvalue weighted by Gasteiger charge is 2.17. The van der Waals surface area contributed by atoms with Crippen molar-refractivity contribution >= 4 is 0 Å². The molecule has 72 valence electrons. The Bertz CT molecular complexity index is 125. The average Bonchev–Trinajstić information content (AvgIpc) is 2.36. The van der Waals surface area contributed by atoms with Gasteiger partial charge in [0.25, 0.3) is 0 Å². The monoisotopic (exact) mass is 173 g/mol. The fourth-order valence-corrected chi connectivity index (χ4v) is 1.33. The van der Waals surface area contributed by atoms with Crippen molar-refractivity contribution in [1.29, 1.82) is 0 Å². The van der Waals surface area contributed by atoms with E-state index in [0.29, 0.717) is 12.5 Å². The maximum atomic E-state index is 9.40. The third-order valence-electron chi connectivity index (χ3n) is 2.01. The molecule has 12 heavy (non-hydrogen) atoms. The van der Waals surface area contributed by atoms with Crippen LogP contribution >= 0.6 is 0 Å². The zero-order valence-electron chi connectivity index (χ0n) is 7.97. The first-order valence-corrected chi connectivity index (χ1v) is 4.59. The van der Waals surface area contributed by atoms with Crippen LogP contribution in [0.25, 0.3) is 0 Å². The van der Waals surface area contributed by atoms with E-state index in [1.54, 1.807) is 0 Å². The molecule has 2 N–H and O–H groups in total.